The third kappa shape index (κ3) is 3.70. The van der Waals surface area contributed by atoms with E-state index in [1.165, 1.54) is 0 Å². The molecule has 1 unspecified atom stereocenters. The van der Waals surface area contributed by atoms with Crippen molar-refractivity contribution in [3.63, 3.8) is 0 Å². The van der Waals surface area contributed by atoms with E-state index in [-0.39, 0.29) is 18.6 Å². The van der Waals surface area contributed by atoms with E-state index in [4.69, 9.17) is 9.47 Å². The van der Waals surface area contributed by atoms with E-state index in [2.05, 4.69) is 6.07 Å². The summed E-state index contributed by atoms with van der Waals surface area (Å²) in [5.41, 5.74) is 2.28. The number of hydrogen-bond acceptors (Lipinski definition) is 3. The largest absolute Gasteiger partial charge is 0.484 e. The summed E-state index contributed by atoms with van der Waals surface area (Å²) >= 11 is 0. The van der Waals surface area contributed by atoms with Crippen LogP contribution in [0.4, 0.5) is 0 Å². The number of hydrogen-bond donors (Lipinski definition) is 0. The minimum Gasteiger partial charge on any atom is -0.484 e. The van der Waals surface area contributed by atoms with Gasteiger partial charge in [0.05, 0.1) is 6.10 Å². The normalized spacial score (nSPS) is 18.7. The van der Waals surface area contributed by atoms with Crippen molar-refractivity contribution in [1.82, 2.24) is 4.90 Å². The second-order valence-corrected chi connectivity index (χ2v) is 5.10. The Morgan fingerprint density at radius 2 is 2.00 bits per heavy atom. The van der Waals surface area contributed by atoms with Crippen molar-refractivity contribution in [2.24, 2.45) is 0 Å². The fraction of sp³-hybridized carbons (Fsp3) is 0.533. The molecule has 0 radical (unpaired) electrons. The fourth-order valence-corrected chi connectivity index (χ4v) is 2.40. The zero-order valence-corrected chi connectivity index (χ0v) is 11.8. The van der Waals surface area contributed by atoms with Gasteiger partial charge in [-0.3, -0.25) is 4.79 Å². The number of methoxy groups -OCH3 is 1. The third-order valence-corrected chi connectivity index (χ3v) is 3.39. The van der Waals surface area contributed by atoms with Gasteiger partial charge in [-0.2, -0.15) is 0 Å². The standard InChI is InChI=1S/C15H21NO3/c1-11-6-12(2)8-14(7-11)19-10-15(17)16-5-4-13(9-16)18-3/h6-8,13H,4-5,9-10H2,1-3H3. The molecule has 0 N–H and O–H groups in total. The second-order valence-electron chi connectivity index (χ2n) is 5.10. The van der Waals surface area contributed by atoms with E-state index in [9.17, 15) is 4.79 Å². The van der Waals surface area contributed by atoms with Crippen LogP contribution in [0.2, 0.25) is 0 Å². The first-order chi connectivity index (χ1) is 9.08. The molecule has 1 amide bonds. The Hall–Kier alpha value is -1.55. The molecule has 1 atom stereocenters. The highest BCUT2D eigenvalue weighted by atomic mass is 16.5. The molecule has 4 nitrogen and oxygen atoms in total. The van der Waals surface area contributed by atoms with Crippen LogP contribution in [0.5, 0.6) is 5.75 Å². The van der Waals surface area contributed by atoms with Gasteiger partial charge in [0.1, 0.15) is 5.75 Å². The molecule has 104 valence electrons. The maximum absolute atomic E-state index is 12.0. The number of rotatable bonds is 4. The van der Waals surface area contributed by atoms with Crippen molar-refractivity contribution in [3.05, 3.63) is 29.3 Å². The Morgan fingerprint density at radius 1 is 1.32 bits per heavy atom. The van der Waals surface area contributed by atoms with E-state index >= 15 is 0 Å². The molecule has 0 spiro atoms. The first kappa shape index (κ1) is 13.9. The molecular weight excluding hydrogens is 242 g/mol. The lowest BCUT2D eigenvalue weighted by atomic mass is 10.1. The van der Waals surface area contributed by atoms with Gasteiger partial charge in [0.25, 0.3) is 5.91 Å². The molecule has 1 heterocycles. The number of carbonyl (C=O) groups is 1. The molecule has 1 aliphatic rings. The number of benzene rings is 1. The molecule has 1 fully saturated rings. The van der Waals surface area contributed by atoms with Crippen molar-refractivity contribution in [1.29, 1.82) is 0 Å². The molecule has 1 saturated heterocycles. The van der Waals surface area contributed by atoms with Crippen molar-refractivity contribution >= 4 is 5.91 Å². The van der Waals surface area contributed by atoms with Crippen LogP contribution < -0.4 is 4.74 Å². The Kier molecular flexibility index (Phi) is 4.43. The molecule has 0 bridgehead atoms. The Bertz CT molecular complexity index is 438. The van der Waals surface area contributed by atoms with Crippen LogP contribution >= 0.6 is 0 Å². The van der Waals surface area contributed by atoms with Crippen LogP contribution in [-0.2, 0) is 9.53 Å². The van der Waals surface area contributed by atoms with Crippen molar-refractivity contribution in [2.45, 2.75) is 26.4 Å². The SMILES string of the molecule is COC1CCN(C(=O)COc2cc(C)cc(C)c2)C1. The third-order valence-electron chi connectivity index (χ3n) is 3.39. The number of nitrogens with zero attached hydrogens (tertiary/aromatic N) is 1. The lowest BCUT2D eigenvalue weighted by molar-refractivity contribution is -0.132. The van der Waals surface area contributed by atoms with Crippen LogP contribution in [0.3, 0.4) is 0 Å². The molecule has 0 aliphatic carbocycles. The summed E-state index contributed by atoms with van der Waals surface area (Å²) in [4.78, 5) is 13.8. The summed E-state index contributed by atoms with van der Waals surface area (Å²) in [6.45, 7) is 5.56. The monoisotopic (exact) mass is 263 g/mol. The van der Waals surface area contributed by atoms with E-state index in [1.54, 1.807) is 12.0 Å². The number of carbonyl (C=O) groups excluding carboxylic acids is 1. The number of likely N-dealkylation sites (tertiary alicyclic amines) is 1. The van der Waals surface area contributed by atoms with Crippen molar-refractivity contribution in [2.75, 3.05) is 26.8 Å². The highest BCUT2D eigenvalue weighted by molar-refractivity contribution is 5.78. The van der Waals surface area contributed by atoms with Gasteiger partial charge >= 0.3 is 0 Å². The lowest BCUT2D eigenvalue weighted by Gasteiger charge is -2.16. The lowest BCUT2D eigenvalue weighted by Crippen LogP contribution is -2.33. The quantitative estimate of drug-likeness (QED) is 0.833. The Balaban J connectivity index is 1.86. The van der Waals surface area contributed by atoms with Crippen molar-refractivity contribution in [3.8, 4) is 5.75 Å². The predicted octanol–water partition coefficient (Wildman–Crippen LogP) is 1.93. The first-order valence-electron chi connectivity index (χ1n) is 6.60. The molecule has 1 aromatic rings. The molecular formula is C15H21NO3. The van der Waals surface area contributed by atoms with Gasteiger partial charge in [-0.15, -0.1) is 0 Å². The first-order valence-corrected chi connectivity index (χ1v) is 6.60. The topological polar surface area (TPSA) is 38.8 Å². The predicted molar refractivity (Wildman–Crippen MR) is 73.4 cm³/mol. The van der Waals surface area contributed by atoms with Gasteiger partial charge in [0.15, 0.2) is 6.61 Å². The number of aryl methyl sites for hydroxylation is 2. The summed E-state index contributed by atoms with van der Waals surface area (Å²) in [6.07, 6.45) is 1.08. The van der Waals surface area contributed by atoms with Gasteiger partial charge in [-0.1, -0.05) is 6.07 Å². The molecule has 1 aromatic carbocycles. The fourth-order valence-electron chi connectivity index (χ4n) is 2.40. The summed E-state index contributed by atoms with van der Waals surface area (Å²) in [5.74, 6) is 0.784. The van der Waals surface area contributed by atoms with Crippen LogP contribution in [0.15, 0.2) is 18.2 Å². The summed E-state index contributed by atoms with van der Waals surface area (Å²) in [7, 11) is 1.69. The highest BCUT2D eigenvalue weighted by Crippen LogP contribution is 2.17. The number of ether oxygens (including phenoxy) is 2. The van der Waals surface area contributed by atoms with Crippen LogP contribution in [0, 0.1) is 13.8 Å². The molecule has 19 heavy (non-hydrogen) atoms. The molecule has 1 aliphatic heterocycles. The highest BCUT2D eigenvalue weighted by Gasteiger charge is 2.26. The van der Waals surface area contributed by atoms with Crippen LogP contribution in [-0.4, -0.2) is 43.7 Å². The molecule has 4 heteroatoms. The molecule has 0 saturated carbocycles. The maximum Gasteiger partial charge on any atom is 0.260 e. The molecule has 2 rings (SSSR count). The number of amides is 1. The van der Waals surface area contributed by atoms with E-state index in [0.717, 1.165) is 29.8 Å². The summed E-state index contributed by atoms with van der Waals surface area (Å²) < 4.78 is 10.8. The second kappa shape index (κ2) is 6.06. The summed E-state index contributed by atoms with van der Waals surface area (Å²) in [5, 5.41) is 0. The van der Waals surface area contributed by atoms with Gasteiger partial charge in [-0.05, 0) is 43.5 Å². The van der Waals surface area contributed by atoms with E-state index in [1.807, 2.05) is 26.0 Å². The van der Waals surface area contributed by atoms with Gasteiger partial charge in [0, 0.05) is 20.2 Å². The zero-order chi connectivity index (χ0) is 13.8. The Morgan fingerprint density at radius 3 is 2.58 bits per heavy atom. The molecule has 0 aromatic heterocycles. The van der Waals surface area contributed by atoms with Crippen LogP contribution in [0.1, 0.15) is 17.5 Å². The smallest absolute Gasteiger partial charge is 0.260 e. The van der Waals surface area contributed by atoms with Gasteiger partial charge in [-0.25, -0.2) is 0 Å². The zero-order valence-electron chi connectivity index (χ0n) is 11.8. The minimum atomic E-state index is 0.0266. The Labute approximate surface area is 114 Å². The maximum atomic E-state index is 12.0. The average molecular weight is 263 g/mol. The van der Waals surface area contributed by atoms with Crippen molar-refractivity contribution < 1.29 is 14.3 Å². The van der Waals surface area contributed by atoms with Gasteiger partial charge in [0.2, 0.25) is 0 Å². The average Bonchev–Trinajstić information content (AvgIpc) is 2.83. The van der Waals surface area contributed by atoms with Crippen LogP contribution in [0.25, 0.3) is 0 Å². The van der Waals surface area contributed by atoms with E-state index < -0.39 is 0 Å². The summed E-state index contributed by atoms with van der Waals surface area (Å²) in [6, 6.07) is 5.97. The van der Waals surface area contributed by atoms with E-state index in [0.29, 0.717) is 6.54 Å². The minimum absolute atomic E-state index is 0.0266. The van der Waals surface area contributed by atoms with Gasteiger partial charge < -0.3 is 14.4 Å².